The molecule has 0 saturated carbocycles. The topological polar surface area (TPSA) is 149 Å². The average molecular weight is 350 g/mol. The van der Waals surface area contributed by atoms with Crippen molar-refractivity contribution < 1.29 is 84.2 Å². The van der Waals surface area contributed by atoms with E-state index in [4.69, 9.17) is 19.3 Å². The van der Waals surface area contributed by atoms with Gasteiger partial charge in [-0.2, -0.15) is 16.8 Å². The maximum absolute atomic E-state index is 10.7. The first-order chi connectivity index (χ1) is 7.03. The molecule has 0 aliphatic rings. The van der Waals surface area contributed by atoms with Gasteiger partial charge in [0, 0.05) is 23.1 Å². The summed E-state index contributed by atoms with van der Waals surface area (Å²) >= 11 is 0. The fourth-order valence-electron chi connectivity index (χ4n) is 0.914. The standard InChI is InChI=1S/C6H6O8S2.Fe.Na.H/c7-4-1-3(15(9,10)11)2-5(6(4)8)16(12,13)14;;;/h1-2,7-8H,(H,9,10,11)(H,12,13,14);;;/q;;+1;-1. The second kappa shape index (κ2) is 6.55. The number of benzene rings is 1. The van der Waals surface area contributed by atoms with E-state index >= 15 is 0 Å². The van der Waals surface area contributed by atoms with E-state index in [1.54, 1.807) is 0 Å². The minimum absolute atomic E-state index is 0. The van der Waals surface area contributed by atoms with E-state index in [1.807, 2.05) is 0 Å². The van der Waals surface area contributed by atoms with Crippen molar-refractivity contribution in [1.82, 2.24) is 0 Å². The van der Waals surface area contributed by atoms with E-state index in [1.165, 1.54) is 0 Å². The average Bonchev–Trinajstić information content (AvgIpc) is 2.05. The SMILES string of the molecule is O=S(=O)(O)c1cc(O)c(O)c(S(=O)(=O)O)c1.[Fe].[H-].[Na+]. The molecule has 4 N–H and O–H groups in total. The van der Waals surface area contributed by atoms with Gasteiger partial charge in [0.2, 0.25) is 0 Å². The number of rotatable bonds is 2. The van der Waals surface area contributed by atoms with Crippen LogP contribution in [0.4, 0.5) is 0 Å². The van der Waals surface area contributed by atoms with E-state index in [-0.39, 0.29) is 48.1 Å². The Morgan fingerprint density at radius 2 is 1.39 bits per heavy atom. The van der Waals surface area contributed by atoms with Gasteiger partial charge in [0.1, 0.15) is 4.90 Å². The van der Waals surface area contributed by atoms with Crippen LogP contribution >= 0.6 is 0 Å². The fourth-order valence-corrected chi connectivity index (χ4v) is 2.14. The quantitative estimate of drug-likeness (QED) is 0.246. The second-order valence-electron chi connectivity index (χ2n) is 2.74. The van der Waals surface area contributed by atoms with E-state index in [9.17, 15) is 16.8 Å². The number of aromatic hydroxyl groups is 2. The summed E-state index contributed by atoms with van der Waals surface area (Å²) in [4.78, 5) is -2.20. The van der Waals surface area contributed by atoms with Gasteiger partial charge >= 0.3 is 29.6 Å². The molecule has 0 radical (unpaired) electrons. The van der Waals surface area contributed by atoms with Crippen molar-refractivity contribution in [3.8, 4) is 11.5 Å². The molecule has 0 aliphatic heterocycles. The van der Waals surface area contributed by atoms with Gasteiger partial charge < -0.3 is 11.6 Å². The number of phenolic OH excluding ortho intramolecular Hbond substituents is 2. The molecule has 12 heteroatoms. The monoisotopic (exact) mass is 350 g/mol. The maximum Gasteiger partial charge on any atom is 1.00 e. The third-order valence-corrected chi connectivity index (χ3v) is 3.30. The minimum Gasteiger partial charge on any atom is -1.00 e. The Kier molecular flexibility index (Phi) is 7.45. The van der Waals surface area contributed by atoms with Crippen molar-refractivity contribution in [3.63, 3.8) is 0 Å². The van der Waals surface area contributed by atoms with Crippen molar-refractivity contribution in [1.29, 1.82) is 0 Å². The molecule has 1 aromatic carbocycles. The summed E-state index contributed by atoms with van der Waals surface area (Å²) in [6, 6.07) is 0.735. The maximum atomic E-state index is 10.7. The molecule has 1 aromatic rings. The van der Waals surface area contributed by atoms with Crippen LogP contribution in [0, 0.1) is 0 Å². The smallest absolute Gasteiger partial charge is 1.00 e. The molecule has 0 amide bonds. The molecule has 18 heavy (non-hydrogen) atoms. The molecule has 0 aliphatic carbocycles. The van der Waals surface area contributed by atoms with Gasteiger partial charge in [0.05, 0.1) is 4.90 Å². The van der Waals surface area contributed by atoms with Crippen LogP contribution in [-0.4, -0.2) is 36.2 Å². The molecule has 0 bridgehead atoms. The summed E-state index contributed by atoms with van der Waals surface area (Å²) in [5.41, 5.74) is 0. The van der Waals surface area contributed by atoms with Crippen LogP contribution in [0.25, 0.3) is 0 Å². The Morgan fingerprint density at radius 3 is 1.72 bits per heavy atom. The zero-order valence-corrected chi connectivity index (χ0v) is 13.5. The molecule has 0 spiro atoms. The third-order valence-electron chi connectivity index (χ3n) is 1.60. The van der Waals surface area contributed by atoms with Crippen LogP contribution in [0.2, 0.25) is 0 Å². The van der Waals surface area contributed by atoms with Crippen LogP contribution in [0.1, 0.15) is 1.43 Å². The van der Waals surface area contributed by atoms with E-state index in [0.29, 0.717) is 12.1 Å². The summed E-state index contributed by atoms with van der Waals surface area (Å²) in [5.74, 6) is -2.32. The van der Waals surface area contributed by atoms with Crippen LogP contribution in [0.15, 0.2) is 21.9 Å². The summed E-state index contributed by atoms with van der Waals surface area (Å²) in [7, 11) is -9.70. The minimum atomic E-state index is -4.92. The summed E-state index contributed by atoms with van der Waals surface area (Å²) in [5, 5.41) is 18.1. The van der Waals surface area contributed by atoms with Gasteiger partial charge in [0.15, 0.2) is 11.5 Å². The predicted octanol–water partition coefficient (Wildman–Crippen LogP) is -3.29. The molecular weight excluding hydrogens is 343 g/mol. The Balaban J connectivity index is -0.000000853. The van der Waals surface area contributed by atoms with Gasteiger partial charge in [-0.05, 0) is 6.07 Å². The fraction of sp³-hybridized carbons (Fsp3) is 0. The Morgan fingerprint density at radius 1 is 0.944 bits per heavy atom. The third kappa shape index (κ3) is 4.68. The predicted molar refractivity (Wildman–Crippen MR) is 50.5 cm³/mol. The van der Waals surface area contributed by atoms with Gasteiger partial charge in [0.25, 0.3) is 20.2 Å². The molecule has 0 aromatic heterocycles. The first kappa shape index (κ1) is 20.5. The molecular formula is C6H7FeNaO8S2. The first-order valence-corrected chi connectivity index (χ1v) is 6.42. The number of hydrogen-bond acceptors (Lipinski definition) is 6. The largest absolute Gasteiger partial charge is 1.00 e. The number of phenols is 2. The zero-order chi connectivity index (χ0) is 12.7. The summed E-state index contributed by atoms with van der Waals surface area (Å²) in [6.07, 6.45) is 0. The Hall–Kier alpha value is 0.159. The van der Waals surface area contributed by atoms with E-state index < -0.39 is 41.5 Å². The molecule has 8 nitrogen and oxygen atoms in total. The van der Waals surface area contributed by atoms with Crippen molar-refractivity contribution in [3.05, 3.63) is 12.1 Å². The van der Waals surface area contributed by atoms with Crippen LogP contribution < -0.4 is 29.6 Å². The number of hydrogen-bond donors (Lipinski definition) is 4. The van der Waals surface area contributed by atoms with Gasteiger partial charge in [-0.25, -0.2) is 0 Å². The van der Waals surface area contributed by atoms with Crippen LogP contribution in [0.3, 0.4) is 0 Å². The summed E-state index contributed by atoms with van der Waals surface area (Å²) in [6.45, 7) is 0. The molecule has 0 heterocycles. The van der Waals surface area contributed by atoms with Crippen LogP contribution in [-0.2, 0) is 37.3 Å². The van der Waals surface area contributed by atoms with Crippen molar-refractivity contribution in [2.45, 2.75) is 9.79 Å². The summed E-state index contributed by atoms with van der Waals surface area (Å²) < 4.78 is 59.9. The van der Waals surface area contributed by atoms with Gasteiger partial charge in [-0.15, -0.1) is 0 Å². The molecule has 0 saturated heterocycles. The van der Waals surface area contributed by atoms with Crippen LogP contribution in [0.5, 0.6) is 11.5 Å². The first-order valence-electron chi connectivity index (χ1n) is 3.54. The van der Waals surface area contributed by atoms with Crippen molar-refractivity contribution >= 4 is 20.2 Å². The molecule has 1 rings (SSSR count). The second-order valence-corrected chi connectivity index (χ2v) is 5.55. The van der Waals surface area contributed by atoms with Gasteiger partial charge in [-0.1, -0.05) is 0 Å². The Labute approximate surface area is 137 Å². The Bertz CT molecular complexity index is 643. The van der Waals surface area contributed by atoms with Crippen molar-refractivity contribution in [2.75, 3.05) is 0 Å². The molecule has 100 valence electrons. The molecule has 0 fully saturated rings. The van der Waals surface area contributed by atoms with E-state index in [0.717, 1.165) is 0 Å². The van der Waals surface area contributed by atoms with Gasteiger partial charge in [-0.3, -0.25) is 9.11 Å². The normalized spacial score (nSPS) is 11.2. The molecule has 0 atom stereocenters. The van der Waals surface area contributed by atoms with E-state index in [2.05, 4.69) is 0 Å². The van der Waals surface area contributed by atoms with Crippen molar-refractivity contribution in [2.24, 2.45) is 0 Å². The zero-order valence-electron chi connectivity index (χ0n) is 9.75. The molecule has 0 unspecified atom stereocenters.